The highest BCUT2D eigenvalue weighted by Gasteiger charge is 2.34. The second-order valence-corrected chi connectivity index (χ2v) is 8.53. The third-order valence-corrected chi connectivity index (χ3v) is 6.28. The summed E-state index contributed by atoms with van der Waals surface area (Å²) in [6.45, 7) is 9.26. The number of nitrogens with one attached hydrogen (secondary N) is 2. The van der Waals surface area contributed by atoms with Crippen molar-refractivity contribution in [3.05, 3.63) is 82.6 Å². The van der Waals surface area contributed by atoms with Gasteiger partial charge in [0.1, 0.15) is 0 Å². The molecule has 0 aromatic heterocycles. The molecule has 0 spiro atoms. The third kappa shape index (κ3) is 5.61. The van der Waals surface area contributed by atoms with Crippen molar-refractivity contribution >= 4 is 12.0 Å². The summed E-state index contributed by atoms with van der Waals surface area (Å²) in [6.07, 6.45) is 0. The van der Waals surface area contributed by atoms with Crippen molar-refractivity contribution < 1.29 is 14.3 Å². The Morgan fingerprint density at radius 2 is 1.61 bits per heavy atom. The van der Waals surface area contributed by atoms with Crippen LogP contribution in [0.1, 0.15) is 29.7 Å². The summed E-state index contributed by atoms with van der Waals surface area (Å²) in [4.78, 5) is 30.1. The highest BCUT2D eigenvalue weighted by Crippen LogP contribution is 2.28. The molecule has 1 saturated heterocycles. The van der Waals surface area contributed by atoms with Crippen LogP contribution < -0.4 is 10.6 Å². The molecule has 2 aromatic rings. The van der Waals surface area contributed by atoms with Crippen molar-refractivity contribution in [3.63, 3.8) is 0 Å². The molecule has 0 saturated carbocycles. The van der Waals surface area contributed by atoms with Crippen LogP contribution in [0.3, 0.4) is 0 Å². The zero-order valence-corrected chi connectivity index (χ0v) is 19.3. The van der Waals surface area contributed by atoms with Crippen molar-refractivity contribution in [3.8, 4) is 0 Å². The molecular formula is C26H32N4O3. The highest BCUT2D eigenvalue weighted by atomic mass is 16.5. The predicted octanol–water partition coefficient (Wildman–Crippen LogP) is 2.98. The number of esters is 1. The maximum Gasteiger partial charge on any atom is 0.338 e. The maximum atomic E-state index is 12.9. The molecule has 1 unspecified atom stereocenters. The van der Waals surface area contributed by atoms with E-state index >= 15 is 0 Å². The molecule has 33 heavy (non-hydrogen) atoms. The molecule has 2 N–H and O–H groups in total. The van der Waals surface area contributed by atoms with E-state index in [1.807, 2.05) is 30.3 Å². The van der Waals surface area contributed by atoms with Crippen LogP contribution in [-0.4, -0.2) is 61.1 Å². The average molecular weight is 449 g/mol. The number of ether oxygens (including phenoxy) is 1. The van der Waals surface area contributed by atoms with Gasteiger partial charge in [-0.3, -0.25) is 9.80 Å². The van der Waals surface area contributed by atoms with Gasteiger partial charge in [0.15, 0.2) is 0 Å². The lowest BCUT2D eigenvalue weighted by Crippen LogP contribution is -2.51. The lowest BCUT2D eigenvalue weighted by molar-refractivity contribution is -0.139. The monoisotopic (exact) mass is 448 g/mol. The van der Waals surface area contributed by atoms with E-state index in [4.69, 9.17) is 4.74 Å². The van der Waals surface area contributed by atoms with E-state index in [9.17, 15) is 9.59 Å². The molecule has 2 heterocycles. The summed E-state index contributed by atoms with van der Waals surface area (Å²) >= 11 is 0. The Hall–Kier alpha value is -3.16. The maximum absolute atomic E-state index is 12.9. The molecule has 4 rings (SSSR count). The fourth-order valence-electron chi connectivity index (χ4n) is 4.45. The van der Waals surface area contributed by atoms with Crippen LogP contribution >= 0.6 is 0 Å². The van der Waals surface area contributed by atoms with Crippen LogP contribution in [0.5, 0.6) is 0 Å². The Kier molecular flexibility index (Phi) is 7.42. The summed E-state index contributed by atoms with van der Waals surface area (Å²) in [5.74, 6) is -0.396. The Morgan fingerprint density at radius 3 is 2.27 bits per heavy atom. The molecule has 2 aliphatic rings. The SMILES string of the molecule is CCOC(=O)C1=C(CN2CCN(Cc3ccccc3C)CC2)NC(=O)NC1c1ccccc1. The van der Waals surface area contributed by atoms with Crippen LogP contribution in [-0.2, 0) is 16.1 Å². The van der Waals surface area contributed by atoms with Crippen molar-refractivity contribution in [2.24, 2.45) is 0 Å². The normalized spacial score (nSPS) is 19.7. The Labute approximate surface area is 195 Å². The third-order valence-electron chi connectivity index (χ3n) is 6.28. The number of aryl methyl sites for hydroxylation is 1. The second kappa shape index (κ2) is 10.6. The van der Waals surface area contributed by atoms with Gasteiger partial charge in [-0.15, -0.1) is 0 Å². The Balaban J connectivity index is 1.49. The summed E-state index contributed by atoms with van der Waals surface area (Å²) < 4.78 is 5.37. The largest absolute Gasteiger partial charge is 0.463 e. The number of piperazine rings is 1. The van der Waals surface area contributed by atoms with Gasteiger partial charge in [0.25, 0.3) is 0 Å². The van der Waals surface area contributed by atoms with Gasteiger partial charge in [-0.05, 0) is 30.5 Å². The van der Waals surface area contributed by atoms with Crippen LogP contribution in [0.4, 0.5) is 4.79 Å². The number of urea groups is 1. The van der Waals surface area contributed by atoms with Gasteiger partial charge < -0.3 is 15.4 Å². The first-order valence-electron chi connectivity index (χ1n) is 11.6. The first kappa shape index (κ1) is 23.0. The van der Waals surface area contributed by atoms with Crippen molar-refractivity contribution in [1.82, 2.24) is 20.4 Å². The molecule has 7 nitrogen and oxygen atoms in total. The zero-order chi connectivity index (χ0) is 23.2. The molecule has 2 aromatic carbocycles. The second-order valence-electron chi connectivity index (χ2n) is 8.53. The molecule has 174 valence electrons. The summed E-state index contributed by atoms with van der Waals surface area (Å²) in [5, 5.41) is 5.78. The van der Waals surface area contributed by atoms with Crippen molar-refractivity contribution in [2.75, 3.05) is 39.3 Å². The zero-order valence-electron chi connectivity index (χ0n) is 19.3. The van der Waals surface area contributed by atoms with Crippen LogP contribution in [0.2, 0.25) is 0 Å². The fraction of sp³-hybridized carbons (Fsp3) is 0.385. The number of amides is 2. The minimum atomic E-state index is -0.531. The highest BCUT2D eigenvalue weighted by molar-refractivity contribution is 5.95. The van der Waals surface area contributed by atoms with Gasteiger partial charge in [-0.1, -0.05) is 54.6 Å². The van der Waals surface area contributed by atoms with E-state index in [2.05, 4.69) is 51.6 Å². The molecule has 2 amide bonds. The van der Waals surface area contributed by atoms with E-state index in [0.717, 1.165) is 38.3 Å². The van der Waals surface area contributed by atoms with Crippen LogP contribution in [0.25, 0.3) is 0 Å². The van der Waals surface area contributed by atoms with Crippen LogP contribution in [0.15, 0.2) is 65.9 Å². The lowest BCUT2D eigenvalue weighted by atomic mass is 9.95. The molecule has 2 aliphatic heterocycles. The van der Waals surface area contributed by atoms with Crippen molar-refractivity contribution in [2.45, 2.75) is 26.4 Å². The van der Waals surface area contributed by atoms with Gasteiger partial charge in [-0.25, -0.2) is 9.59 Å². The summed E-state index contributed by atoms with van der Waals surface area (Å²) in [5.41, 5.74) is 4.63. The van der Waals surface area contributed by atoms with Crippen molar-refractivity contribution in [1.29, 1.82) is 0 Å². The minimum absolute atomic E-state index is 0.280. The standard InChI is InChI=1S/C26H32N4O3/c1-3-33-25(31)23-22(27-26(32)28-24(23)20-10-5-4-6-11-20)18-30-15-13-29(14-16-30)17-21-12-8-7-9-19(21)2/h4-12,24H,3,13-18H2,1-2H3,(H2,27,28,32). The molecule has 0 aliphatic carbocycles. The molecule has 0 bridgehead atoms. The number of hydrogen-bond acceptors (Lipinski definition) is 5. The topological polar surface area (TPSA) is 73.9 Å². The average Bonchev–Trinajstić information content (AvgIpc) is 2.82. The summed E-state index contributed by atoms with van der Waals surface area (Å²) in [7, 11) is 0. The van der Waals surface area contributed by atoms with E-state index in [0.29, 0.717) is 17.8 Å². The number of carbonyl (C=O) groups is 2. The lowest BCUT2D eigenvalue weighted by Gasteiger charge is -2.37. The first-order valence-corrected chi connectivity index (χ1v) is 11.6. The van der Waals surface area contributed by atoms with Gasteiger partial charge in [-0.2, -0.15) is 0 Å². The minimum Gasteiger partial charge on any atom is -0.463 e. The molecule has 1 atom stereocenters. The number of carbonyl (C=O) groups excluding carboxylic acids is 2. The van der Waals surface area contributed by atoms with E-state index in [1.54, 1.807) is 6.92 Å². The number of hydrogen-bond donors (Lipinski definition) is 2. The quantitative estimate of drug-likeness (QED) is 0.637. The van der Waals surface area contributed by atoms with Gasteiger partial charge in [0.2, 0.25) is 0 Å². The Morgan fingerprint density at radius 1 is 0.970 bits per heavy atom. The fourth-order valence-corrected chi connectivity index (χ4v) is 4.45. The predicted molar refractivity (Wildman–Crippen MR) is 127 cm³/mol. The van der Waals surface area contributed by atoms with Gasteiger partial charge in [0, 0.05) is 45.0 Å². The molecule has 7 heteroatoms. The number of nitrogens with zero attached hydrogens (tertiary/aromatic N) is 2. The van der Waals surface area contributed by atoms with Crippen LogP contribution in [0, 0.1) is 6.92 Å². The summed E-state index contributed by atoms with van der Waals surface area (Å²) in [6, 6.07) is 17.2. The Bertz CT molecular complexity index is 1010. The molecule has 0 radical (unpaired) electrons. The first-order chi connectivity index (χ1) is 16.0. The molecular weight excluding hydrogens is 416 g/mol. The smallest absolute Gasteiger partial charge is 0.338 e. The number of rotatable bonds is 7. The molecule has 1 fully saturated rings. The van der Waals surface area contributed by atoms with Gasteiger partial charge >= 0.3 is 12.0 Å². The van der Waals surface area contributed by atoms with E-state index in [1.165, 1.54) is 11.1 Å². The van der Waals surface area contributed by atoms with E-state index in [-0.39, 0.29) is 12.6 Å². The van der Waals surface area contributed by atoms with E-state index < -0.39 is 12.0 Å². The van der Waals surface area contributed by atoms with Gasteiger partial charge in [0.05, 0.1) is 18.2 Å². The number of benzene rings is 2.